The Kier molecular flexibility index (Phi) is 8.44. The Morgan fingerprint density at radius 1 is 1.10 bits per heavy atom. The summed E-state index contributed by atoms with van der Waals surface area (Å²) >= 11 is 2.11. The maximum atomic E-state index is 14.0. The molecule has 1 amide bonds. The van der Waals surface area contributed by atoms with Crippen LogP contribution in [-0.4, -0.2) is 63.4 Å². The molecule has 1 fully saturated rings. The predicted octanol–water partition coefficient (Wildman–Crippen LogP) is 3.25. The number of nitrogens with zero attached hydrogens (tertiary/aromatic N) is 1. The summed E-state index contributed by atoms with van der Waals surface area (Å²) in [5.41, 5.74) is 3.88. The highest BCUT2D eigenvalue weighted by Gasteiger charge is 2.65. The number of aromatic hydroxyl groups is 1. The molecular formula is C30H33IN2O7. The van der Waals surface area contributed by atoms with Crippen LogP contribution in [0.15, 0.2) is 59.4 Å². The molecule has 2 aromatic rings. The number of carbonyl (C=O) groups excluding carboxylic acids is 3. The third kappa shape index (κ3) is 4.61. The third-order valence-corrected chi connectivity index (χ3v) is 8.77. The number of nitrogens with two attached hydrogens (primary N) is 1. The van der Waals surface area contributed by atoms with Crippen molar-refractivity contribution in [2.45, 2.75) is 44.9 Å². The molecule has 0 heterocycles. The van der Waals surface area contributed by atoms with E-state index in [1.165, 1.54) is 6.07 Å². The first kappa shape index (κ1) is 29.8. The summed E-state index contributed by atoms with van der Waals surface area (Å²) in [6, 6.07) is 11.5. The van der Waals surface area contributed by atoms with Gasteiger partial charge in [0.05, 0.1) is 11.6 Å². The predicted molar refractivity (Wildman–Crippen MR) is 157 cm³/mol. The van der Waals surface area contributed by atoms with Crippen molar-refractivity contribution >= 4 is 45.8 Å². The monoisotopic (exact) mass is 660 g/mol. The number of carbonyl (C=O) groups is 3. The Labute approximate surface area is 246 Å². The quantitative estimate of drug-likeness (QED) is 0.217. The van der Waals surface area contributed by atoms with Crippen LogP contribution >= 0.6 is 22.6 Å². The van der Waals surface area contributed by atoms with Gasteiger partial charge < -0.3 is 25.8 Å². The van der Waals surface area contributed by atoms with Crippen molar-refractivity contribution in [3.05, 3.63) is 79.6 Å². The third-order valence-electron chi connectivity index (χ3n) is 7.76. The fourth-order valence-electron chi connectivity index (χ4n) is 6.08. The lowest BCUT2D eigenvalue weighted by atomic mass is 9.57. The van der Waals surface area contributed by atoms with E-state index in [-0.39, 0.29) is 35.7 Å². The highest BCUT2D eigenvalue weighted by Crippen LogP contribution is 2.52. The van der Waals surface area contributed by atoms with Crippen LogP contribution in [0.1, 0.15) is 37.0 Å². The van der Waals surface area contributed by atoms with E-state index in [0.717, 1.165) is 9.13 Å². The zero-order valence-electron chi connectivity index (χ0n) is 22.8. The standard InChI is InChI=1S/C28H27IN2O7.C2H6/c1-31(2)22-16-11-14-10-15-17(29)8-9-18(32)20(15)23(33)19(14)25(34)28(16,37)26(35)21(27(30)36)24(22)38-12-13-6-4-3-5-7-13;1-2/h3-9,14,16,22,32-33,37H,10-12H2,1-2H3,(H2,30,36);1-2H3/t14-,16-,22-,28-;/m0./s1. The number of ether oxygens (including phenoxy) is 1. The Morgan fingerprint density at radius 3 is 2.35 bits per heavy atom. The number of primary amides is 1. The van der Waals surface area contributed by atoms with Crippen molar-refractivity contribution < 1.29 is 34.4 Å². The lowest BCUT2D eigenvalue weighted by Crippen LogP contribution is -2.67. The number of ketones is 2. The molecule has 0 aromatic heterocycles. The first-order valence-corrected chi connectivity index (χ1v) is 14.2. The smallest absolute Gasteiger partial charge is 0.255 e. The van der Waals surface area contributed by atoms with Crippen molar-refractivity contribution in [1.82, 2.24) is 4.90 Å². The van der Waals surface area contributed by atoms with Gasteiger partial charge in [-0.15, -0.1) is 0 Å². The fraction of sp³-hybridized carbons (Fsp3) is 0.367. The largest absolute Gasteiger partial charge is 0.507 e. The topological polar surface area (TPSA) is 150 Å². The molecule has 212 valence electrons. The van der Waals surface area contributed by atoms with Crippen LogP contribution in [0.2, 0.25) is 0 Å². The Balaban J connectivity index is 0.00000181. The number of aliphatic hydroxyl groups is 2. The molecule has 9 nitrogen and oxygen atoms in total. The summed E-state index contributed by atoms with van der Waals surface area (Å²) in [7, 11) is 3.41. The molecule has 0 saturated heterocycles. The maximum Gasteiger partial charge on any atom is 0.255 e. The Hall–Kier alpha value is -3.22. The number of Topliss-reactive ketones (excluding diaryl/α,β-unsaturated/α-hetero) is 2. The van der Waals surface area contributed by atoms with Crippen LogP contribution in [0.4, 0.5) is 0 Å². The normalized spacial score (nSPS) is 25.5. The van der Waals surface area contributed by atoms with E-state index in [4.69, 9.17) is 10.5 Å². The van der Waals surface area contributed by atoms with Gasteiger partial charge in [-0.05, 0) is 78.7 Å². The molecule has 40 heavy (non-hydrogen) atoms. The molecule has 0 spiro atoms. The second-order valence-electron chi connectivity index (χ2n) is 10.1. The minimum absolute atomic E-state index is 0.0129. The number of hydrogen-bond donors (Lipinski definition) is 4. The number of likely N-dealkylation sites (N-methyl/N-ethyl adjacent to an activating group) is 1. The van der Waals surface area contributed by atoms with Crippen molar-refractivity contribution in [2.24, 2.45) is 17.6 Å². The van der Waals surface area contributed by atoms with Gasteiger partial charge in [0.25, 0.3) is 5.91 Å². The Morgan fingerprint density at radius 2 is 1.75 bits per heavy atom. The number of phenolic OH excluding ortho intramolecular Hbond substituents is 1. The number of hydrogen-bond acceptors (Lipinski definition) is 8. The molecule has 0 aliphatic heterocycles. The van der Waals surface area contributed by atoms with E-state index in [1.54, 1.807) is 25.1 Å². The van der Waals surface area contributed by atoms with Crippen LogP contribution in [-0.2, 0) is 32.1 Å². The lowest BCUT2D eigenvalue weighted by Gasteiger charge is -2.50. The SMILES string of the molecule is CC.CN(C)[C@@H]1C(OCc2ccccc2)=C(C(N)=O)C(=O)[C@@]2(O)C(=O)C3=C(O)c4c(O)ccc(I)c4C[C@H]3C[C@@H]12. The number of fused-ring (bicyclic) bond motifs is 3. The van der Waals surface area contributed by atoms with Gasteiger partial charge in [-0.1, -0.05) is 44.2 Å². The number of amides is 1. The van der Waals surface area contributed by atoms with Crippen molar-refractivity contribution in [2.75, 3.05) is 14.1 Å². The number of benzene rings is 2. The number of phenols is 1. The zero-order chi connectivity index (χ0) is 29.5. The van der Waals surface area contributed by atoms with Crippen LogP contribution in [0, 0.1) is 15.4 Å². The summed E-state index contributed by atoms with van der Waals surface area (Å²) in [4.78, 5) is 42.0. The molecule has 1 saturated carbocycles. The van der Waals surface area contributed by atoms with Crippen LogP contribution < -0.4 is 5.73 Å². The van der Waals surface area contributed by atoms with E-state index in [2.05, 4.69) is 22.6 Å². The average molecular weight is 661 g/mol. The van der Waals surface area contributed by atoms with Crippen LogP contribution in [0.3, 0.4) is 0 Å². The number of aliphatic hydroxyl groups excluding tert-OH is 1. The van der Waals surface area contributed by atoms with Gasteiger partial charge in [0, 0.05) is 15.1 Å². The molecule has 0 bridgehead atoms. The maximum absolute atomic E-state index is 14.0. The zero-order valence-corrected chi connectivity index (χ0v) is 24.9. The van der Waals surface area contributed by atoms with Crippen LogP contribution in [0.5, 0.6) is 5.75 Å². The van der Waals surface area contributed by atoms with E-state index in [9.17, 15) is 29.7 Å². The lowest BCUT2D eigenvalue weighted by molar-refractivity contribution is -0.162. The highest BCUT2D eigenvalue weighted by atomic mass is 127. The van der Waals surface area contributed by atoms with E-state index in [1.807, 2.05) is 44.2 Å². The van der Waals surface area contributed by atoms with Gasteiger partial charge in [0.15, 0.2) is 5.60 Å². The first-order valence-electron chi connectivity index (χ1n) is 13.1. The summed E-state index contributed by atoms with van der Waals surface area (Å²) in [6.45, 7) is 4.05. The molecule has 5 rings (SSSR count). The Bertz CT molecular complexity index is 1430. The van der Waals surface area contributed by atoms with Gasteiger partial charge in [-0.2, -0.15) is 0 Å². The minimum atomic E-state index is -2.65. The number of halogens is 1. The molecule has 3 aliphatic rings. The van der Waals surface area contributed by atoms with Gasteiger partial charge in [0.1, 0.15) is 29.4 Å². The molecule has 5 N–H and O–H groups in total. The summed E-state index contributed by atoms with van der Waals surface area (Å²) in [6.07, 6.45) is 0.465. The molecular weight excluding hydrogens is 627 g/mol. The fourth-order valence-corrected chi connectivity index (χ4v) is 6.75. The second-order valence-corrected chi connectivity index (χ2v) is 11.3. The summed E-state index contributed by atoms with van der Waals surface area (Å²) < 4.78 is 6.87. The molecule has 3 aliphatic carbocycles. The van der Waals surface area contributed by atoms with Crippen molar-refractivity contribution in [3.63, 3.8) is 0 Å². The second kappa shape index (κ2) is 11.3. The van der Waals surface area contributed by atoms with Crippen LogP contribution in [0.25, 0.3) is 5.76 Å². The average Bonchev–Trinajstić information content (AvgIpc) is 2.92. The first-order chi connectivity index (χ1) is 19.0. The van der Waals surface area contributed by atoms with Gasteiger partial charge in [-0.25, -0.2) is 0 Å². The van der Waals surface area contributed by atoms with Gasteiger partial charge in [-0.3, -0.25) is 19.3 Å². The van der Waals surface area contributed by atoms with E-state index in [0.29, 0.717) is 12.0 Å². The summed E-state index contributed by atoms with van der Waals surface area (Å²) in [5, 5.41) is 33.5. The van der Waals surface area contributed by atoms with Crippen molar-refractivity contribution in [1.29, 1.82) is 0 Å². The molecule has 10 heteroatoms. The molecule has 2 aromatic carbocycles. The minimum Gasteiger partial charge on any atom is -0.507 e. The molecule has 0 unspecified atom stereocenters. The van der Waals surface area contributed by atoms with E-state index < -0.39 is 52.3 Å². The molecule has 0 radical (unpaired) electrons. The highest BCUT2D eigenvalue weighted by molar-refractivity contribution is 14.1. The van der Waals surface area contributed by atoms with Crippen molar-refractivity contribution in [3.8, 4) is 5.75 Å². The number of rotatable bonds is 5. The van der Waals surface area contributed by atoms with Gasteiger partial charge >= 0.3 is 0 Å². The van der Waals surface area contributed by atoms with E-state index >= 15 is 0 Å². The summed E-state index contributed by atoms with van der Waals surface area (Å²) in [5.74, 6) is -5.42. The molecule has 4 atom stereocenters. The van der Waals surface area contributed by atoms with Gasteiger partial charge in [0.2, 0.25) is 11.6 Å².